The lowest BCUT2D eigenvalue weighted by molar-refractivity contribution is -0.142. The number of aliphatic hydroxyl groups is 1. The first-order valence-electron chi connectivity index (χ1n) is 6.41. The van der Waals surface area contributed by atoms with Crippen LogP contribution in [-0.2, 0) is 4.74 Å². The molecule has 0 aromatic rings. The number of nitrogens with zero attached hydrogens (tertiary/aromatic N) is 1. The van der Waals surface area contributed by atoms with Crippen LogP contribution in [0.1, 0.15) is 47.0 Å². The summed E-state index contributed by atoms with van der Waals surface area (Å²) >= 11 is 0. The van der Waals surface area contributed by atoms with E-state index in [2.05, 4.69) is 6.92 Å². The lowest BCUT2D eigenvalue weighted by atomic mass is 9.65. The Kier molecular flexibility index (Phi) is 2.89. The van der Waals surface area contributed by atoms with E-state index in [1.54, 1.807) is 4.90 Å². The minimum Gasteiger partial charge on any atom is -0.444 e. The van der Waals surface area contributed by atoms with E-state index < -0.39 is 5.60 Å². The van der Waals surface area contributed by atoms with E-state index in [0.29, 0.717) is 5.92 Å². The van der Waals surface area contributed by atoms with Gasteiger partial charge in [0.2, 0.25) is 0 Å². The first-order valence-corrected chi connectivity index (χ1v) is 6.41. The first-order chi connectivity index (χ1) is 7.77. The normalized spacial score (nSPS) is 36.4. The summed E-state index contributed by atoms with van der Waals surface area (Å²) < 4.78 is 5.42. The van der Waals surface area contributed by atoms with Crippen molar-refractivity contribution in [2.75, 3.05) is 6.61 Å². The first kappa shape index (κ1) is 12.7. The van der Waals surface area contributed by atoms with Crippen molar-refractivity contribution in [3.05, 3.63) is 0 Å². The Hall–Kier alpha value is -0.770. The van der Waals surface area contributed by atoms with Gasteiger partial charge in [-0.2, -0.15) is 0 Å². The third-order valence-electron chi connectivity index (χ3n) is 3.78. The number of ether oxygens (including phenoxy) is 1. The fourth-order valence-corrected chi connectivity index (χ4v) is 3.33. The Bertz CT molecular complexity index is 323. The van der Waals surface area contributed by atoms with Gasteiger partial charge in [0.25, 0.3) is 0 Å². The van der Waals surface area contributed by atoms with E-state index in [1.165, 1.54) is 0 Å². The number of fused-ring (bicyclic) bond motifs is 2. The van der Waals surface area contributed by atoms with Crippen molar-refractivity contribution in [1.82, 2.24) is 4.90 Å². The van der Waals surface area contributed by atoms with E-state index in [1.807, 2.05) is 20.8 Å². The molecule has 3 fully saturated rings. The Morgan fingerprint density at radius 2 is 2.12 bits per heavy atom. The summed E-state index contributed by atoms with van der Waals surface area (Å²) in [6.45, 7) is 7.84. The Morgan fingerprint density at radius 1 is 1.47 bits per heavy atom. The van der Waals surface area contributed by atoms with Crippen LogP contribution >= 0.6 is 0 Å². The van der Waals surface area contributed by atoms with E-state index >= 15 is 0 Å². The molecule has 0 aromatic heterocycles. The van der Waals surface area contributed by atoms with Gasteiger partial charge in [0.1, 0.15) is 5.60 Å². The average molecular weight is 241 g/mol. The zero-order chi connectivity index (χ0) is 12.8. The summed E-state index contributed by atoms with van der Waals surface area (Å²) in [5.74, 6) is 0.583. The van der Waals surface area contributed by atoms with Crippen molar-refractivity contribution in [1.29, 1.82) is 0 Å². The quantitative estimate of drug-likeness (QED) is 0.765. The van der Waals surface area contributed by atoms with Crippen LogP contribution in [0.3, 0.4) is 0 Å². The van der Waals surface area contributed by atoms with Gasteiger partial charge in [-0.1, -0.05) is 6.92 Å². The molecular weight excluding hydrogens is 218 g/mol. The standard InChI is InChI=1S/C13H23NO3/c1-9-5-10-7-13(6-9,8-15)14(10)11(16)17-12(2,3)4/h9-10,15H,5-8H2,1-4H3/t9-,10?,13?/m1/s1. The molecule has 1 aliphatic carbocycles. The monoisotopic (exact) mass is 241 g/mol. The number of carbonyl (C=O) groups is 1. The van der Waals surface area contributed by atoms with Gasteiger partial charge in [-0.3, -0.25) is 4.90 Å². The predicted molar refractivity (Wildman–Crippen MR) is 64.7 cm³/mol. The van der Waals surface area contributed by atoms with Crippen molar-refractivity contribution < 1.29 is 14.6 Å². The number of hydrogen-bond acceptors (Lipinski definition) is 3. The van der Waals surface area contributed by atoms with Gasteiger partial charge < -0.3 is 9.84 Å². The molecule has 2 aliphatic heterocycles. The lowest BCUT2D eigenvalue weighted by Gasteiger charge is -2.62. The van der Waals surface area contributed by atoms with E-state index in [9.17, 15) is 9.90 Å². The van der Waals surface area contributed by atoms with Gasteiger partial charge in [0, 0.05) is 6.04 Å². The minimum absolute atomic E-state index is 0.0487. The van der Waals surface area contributed by atoms with Crippen LogP contribution in [0.25, 0.3) is 0 Å². The molecule has 3 aliphatic rings. The summed E-state index contributed by atoms with van der Waals surface area (Å²) in [6, 6.07) is 0.265. The van der Waals surface area contributed by atoms with Gasteiger partial charge in [0.15, 0.2) is 0 Å². The number of hydrogen-bond donors (Lipinski definition) is 1. The van der Waals surface area contributed by atoms with Crippen molar-refractivity contribution >= 4 is 6.09 Å². The second-order valence-electron chi connectivity index (χ2n) is 6.64. The molecule has 3 atom stereocenters. The maximum Gasteiger partial charge on any atom is 0.411 e. The zero-order valence-corrected chi connectivity index (χ0v) is 11.2. The molecule has 2 heterocycles. The number of piperidine rings is 1. The van der Waals surface area contributed by atoms with Crippen LogP contribution in [0.2, 0.25) is 0 Å². The van der Waals surface area contributed by atoms with Crippen molar-refractivity contribution in [3.8, 4) is 0 Å². The molecule has 3 rings (SSSR count). The van der Waals surface area contributed by atoms with Gasteiger partial charge in [0.05, 0.1) is 12.1 Å². The molecule has 98 valence electrons. The van der Waals surface area contributed by atoms with Crippen molar-refractivity contribution in [2.45, 2.75) is 64.1 Å². The van der Waals surface area contributed by atoms with Crippen LogP contribution in [0, 0.1) is 5.92 Å². The molecule has 4 nitrogen and oxygen atoms in total. The molecular formula is C13H23NO3. The topological polar surface area (TPSA) is 49.8 Å². The molecule has 2 bridgehead atoms. The number of amides is 1. The Morgan fingerprint density at radius 3 is 2.65 bits per heavy atom. The van der Waals surface area contributed by atoms with Gasteiger partial charge in [-0.05, 0) is 46.0 Å². The number of aliphatic hydroxyl groups excluding tert-OH is 1. The molecule has 1 saturated carbocycles. The summed E-state index contributed by atoms with van der Waals surface area (Å²) in [4.78, 5) is 13.9. The van der Waals surface area contributed by atoms with E-state index in [-0.39, 0.29) is 24.3 Å². The van der Waals surface area contributed by atoms with Crippen LogP contribution in [0.5, 0.6) is 0 Å². The lowest BCUT2D eigenvalue weighted by Crippen LogP contribution is -2.73. The Balaban J connectivity index is 2.09. The van der Waals surface area contributed by atoms with Crippen LogP contribution < -0.4 is 0 Å². The van der Waals surface area contributed by atoms with Crippen LogP contribution in [0.4, 0.5) is 4.79 Å². The second-order valence-corrected chi connectivity index (χ2v) is 6.64. The highest BCUT2D eigenvalue weighted by Gasteiger charge is 2.58. The number of rotatable bonds is 1. The highest BCUT2D eigenvalue weighted by Crippen LogP contribution is 2.49. The third-order valence-corrected chi connectivity index (χ3v) is 3.78. The summed E-state index contributed by atoms with van der Waals surface area (Å²) in [5.41, 5.74) is -0.812. The third kappa shape index (κ3) is 2.15. The highest BCUT2D eigenvalue weighted by atomic mass is 16.6. The zero-order valence-electron chi connectivity index (χ0n) is 11.2. The fraction of sp³-hybridized carbons (Fsp3) is 0.923. The van der Waals surface area contributed by atoms with Gasteiger partial charge in [-0.15, -0.1) is 0 Å². The molecule has 1 amide bonds. The van der Waals surface area contributed by atoms with E-state index in [0.717, 1.165) is 19.3 Å². The Labute approximate surface area is 103 Å². The van der Waals surface area contributed by atoms with Crippen LogP contribution in [-0.4, -0.2) is 39.9 Å². The summed E-state index contributed by atoms with van der Waals surface area (Å²) in [6.07, 6.45) is 2.57. The molecule has 1 N–H and O–H groups in total. The van der Waals surface area contributed by atoms with Gasteiger partial charge in [-0.25, -0.2) is 4.79 Å². The summed E-state index contributed by atoms with van der Waals surface area (Å²) in [5, 5.41) is 9.57. The maximum atomic E-state index is 12.1. The van der Waals surface area contributed by atoms with Gasteiger partial charge >= 0.3 is 6.09 Å². The SMILES string of the molecule is C[C@@H]1CC2CC(CO)(C1)N2C(=O)OC(C)(C)C. The molecule has 17 heavy (non-hydrogen) atoms. The van der Waals surface area contributed by atoms with E-state index in [4.69, 9.17) is 4.74 Å². The van der Waals surface area contributed by atoms with Crippen molar-refractivity contribution in [2.24, 2.45) is 5.92 Å². The smallest absolute Gasteiger partial charge is 0.411 e. The number of carbonyl (C=O) groups excluding carboxylic acids is 1. The molecule has 0 aromatic carbocycles. The average Bonchev–Trinajstić information content (AvgIpc) is 2.12. The molecule has 2 saturated heterocycles. The molecule has 2 unspecified atom stereocenters. The molecule has 4 heteroatoms. The highest BCUT2D eigenvalue weighted by molar-refractivity contribution is 5.71. The predicted octanol–water partition coefficient (Wildman–Crippen LogP) is 2.16. The minimum atomic E-state index is -0.469. The largest absolute Gasteiger partial charge is 0.444 e. The summed E-state index contributed by atoms with van der Waals surface area (Å²) in [7, 11) is 0. The van der Waals surface area contributed by atoms with Crippen molar-refractivity contribution in [3.63, 3.8) is 0 Å². The fourth-order valence-electron chi connectivity index (χ4n) is 3.33. The van der Waals surface area contributed by atoms with Crippen LogP contribution in [0.15, 0.2) is 0 Å². The molecule has 0 radical (unpaired) electrons. The molecule has 0 spiro atoms. The second kappa shape index (κ2) is 3.87. The maximum absolute atomic E-state index is 12.1.